The van der Waals surface area contributed by atoms with E-state index in [9.17, 15) is 14.7 Å². The molecule has 2 N–H and O–H groups in total. The van der Waals surface area contributed by atoms with E-state index in [1.807, 2.05) is 24.3 Å². The zero-order valence-electron chi connectivity index (χ0n) is 11.8. The number of hydrogen-bond acceptors (Lipinski definition) is 2. The number of hydrogen-bond donors (Lipinski definition) is 2. The molecule has 20 heavy (non-hydrogen) atoms. The number of aryl methyl sites for hydroxylation is 1. The highest BCUT2D eigenvalue weighted by atomic mass is 16.4. The highest BCUT2D eigenvalue weighted by Gasteiger charge is 2.35. The van der Waals surface area contributed by atoms with Crippen molar-refractivity contribution in [1.29, 1.82) is 0 Å². The number of carboxylic acid groups (broad SMARTS) is 1. The second-order valence-corrected chi connectivity index (χ2v) is 5.38. The molecule has 0 radical (unpaired) electrons. The van der Waals surface area contributed by atoms with Crippen molar-refractivity contribution in [1.82, 2.24) is 0 Å². The Morgan fingerprint density at radius 3 is 2.60 bits per heavy atom. The van der Waals surface area contributed by atoms with Crippen LogP contribution in [0.4, 0.5) is 5.69 Å². The maximum atomic E-state index is 12.3. The van der Waals surface area contributed by atoms with Crippen LogP contribution in [0.25, 0.3) is 0 Å². The molecule has 2 atom stereocenters. The lowest BCUT2D eigenvalue weighted by Crippen LogP contribution is -2.36. The summed E-state index contributed by atoms with van der Waals surface area (Å²) in [4.78, 5) is 23.5. The Balaban J connectivity index is 2.07. The van der Waals surface area contributed by atoms with E-state index in [-0.39, 0.29) is 5.91 Å². The summed E-state index contributed by atoms with van der Waals surface area (Å²) in [5, 5.41) is 12.1. The van der Waals surface area contributed by atoms with Crippen LogP contribution in [0.3, 0.4) is 0 Å². The van der Waals surface area contributed by atoms with E-state index in [0.29, 0.717) is 12.8 Å². The van der Waals surface area contributed by atoms with Crippen LogP contribution < -0.4 is 5.32 Å². The predicted molar refractivity (Wildman–Crippen MR) is 77.5 cm³/mol. The Labute approximate surface area is 119 Å². The van der Waals surface area contributed by atoms with E-state index in [0.717, 1.165) is 30.5 Å². The van der Waals surface area contributed by atoms with Gasteiger partial charge in [0.25, 0.3) is 0 Å². The average Bonchev–Trinajstić information content (AvgIpc) is 2.47. The van der Waals surface area contributed by atoms with Gasteiger partial charge in [-0.25, -0.2) is 0 Å². The van der Waals surface area contributed by atoms with Gasteiger partial charge in [-0.05, 0) is 37.0 Å². The van der Waals surface area contributed by atoms with Gasteiger partial charge in [0.05, 0.1) is 11.8 Å². The number of nitrogens with one attached hydrogen (secondary N) is 1. The summed E-state index contributed by atoms with van der Waals surface area (Å²) in [6.45, 7) is 2.06. The molecule has 1 amide bonds. The van der Waals surface area contributed by atoms with Crippen molar-refractivity contribution in [3.05, 3.63) is 29.8 Å². The summed E-state index contributed by atoms with van der Waals surface area (Å²) in [5.74, 6) is -1.97. The van der Waals surface area contributed by atoms with Gasteiger partial charge in [-0.15, -0.1) is 0 Å². The van der Waals surface area contributed by atoms with Gasteiger partial charge in [0.15, 0.2) is 0 Å². The molecule has 4 heteroatoms. The molecular weight excluding hydrogens is 254 g/mol. The van der Waals surface area contributed by atoms with Crippen molar-refractivity contribution in [2.45, 2.75) is 39.0 Å². The molecule has 1 fully saturated rings. The van der Waals surface area contributed by atoms with Crippen molar-refractivity contribution in [2.75, 3.05) is 5.32 Å². The van der Waals surface area contributed by atoms with E-state index in [1.54, 1.807) is 0 Å². The maximum absolute atomic E-state index is 12.3. The van der Waals surface area contributed by atoms with Gasteiger partial charge >= 0.3 is 5.97 Å². The lowest BCUT2D eigenvalue weighted by molar-refractivity contribution is -0.147. The standard InChI is InChI=1S/C16H21NO3/c1-2-11-6-5-7-12(10-11)17-15(18)13-8-3-4-9-14(13)16(19)20/h5-7,10,13-14H,2-4,8-9H2,1H3,(H,17,18)(H,19,20)/t13-,14-/m1/s1. The van der Waals surface area contributed by atoms with Crippen molar-refractivity contribution in [2.24, 2.45) is 11.8 Å². The smallest absolute Gasteiger partial charge is 0.307 e. The molecule has 0 saturated heterocycles. The summed E-state index contributed by atoms with van der Waals surface area (Å²) in [6.07, 6.45) is 3.99. The molecule has 1 aliphatic rings. The van der Waals surface area contributed by atoms with E-state index in [4.69, 9.17) is 0 Å². The van der Waals surface area contributed by atoms with Gasteiger partial charge in [0.1, 0.15) is 0 Å². The molecule has 1 aromatic carbocycles. The van der Waals surface area contributed by atoms with Crippen LogP contribution >= 0.6 is 0 Å². The number of amides is 1. The van der Waals surface area contributed by atoms with Crippen LogP contribution in [-0.2, 0) is 16.0 Å². The van der Waals surface area contributed by atoms with Crippen molar-refractivity contribution in [3.63, 3.8) is 0 Å². The van der Waals surface area contributed by atoms with E-state index in [1.165, 1.54) is 0 Å². The molecule has 1 aliphatic carbocycles. The fourth-order valence-corrected chi connectivity index (χ4v) is 2.84. The lowest BCUT2D eigenvalue weighted by atomic mass is 9.78. The van der Waals surface area contributed by atoms with E-state index < -0.39 is 17.8 Å². The van der Waals surface area contributed by atoms with E-state index in [2.05, 4.69) is 12.2 Å². The fourth-order valence-electron chi connectivity index (χ4n) is 2.84. The Morgan fingerprint density at radius 1 is 1.25 bits per heavy atom. The first-order chi connectivity index (χ1) is 9.61. The molecule has 0 aliphatic heterocycles. The summed E-state index contributed by atoms with van der Waals surface area (Å²) >= 11 is 0. The maximum Gasteiger partial charge on any atom is 0.307 e. The monoisotopic (exact) mass is 275 g/mol. The molecule has 108 valence electrons. The summed E-state index contributed by atoms with van der Waals surface area (Å²) in [6, 6.07) is 7.70. The van der Waals surface area contributed by atoms with Crippen LogP contribution in [-0.4, -0.2) is 17.0 Å². The van der Waals surface area contributed by atoms with Crippen molar-refractivity contribution < 1.29 is 14.7 Å². The zero-order chi connectivity index (χ0) is 14.5. The molecule has 1 saturated carbocycles. The molecule has 0 unspecified atom stereocenters. The minimum absolute atomic E-state index is 0.162. The number of rotatable bonds is 4. The van der Waals surface area contributed by atoms with Crippen molar-refractivity contribution in [3.8, 4) is 0 Å². The highest BCUT2D eigenvalue weighted by molar-refractivity contribution is 5.95. The normalized spacial score (nSPS) is 22.2. The summed E-state index contributed by atoms with van der Waals surface area (Å²) < 4.78 is 0. The number of anilines is 1. The summed E-state index contributed by atoms with van der Waals surface area (Å²) in [5.41, 5.74) is 1.91. The molecule has 0 aromatic heterocycles. The highest BCUT2D eigenvalue weighted by Crippen LogP contribution is 2.31. The Morgan fingerprint density at radius 2 is 1.95 bits per heavy atom. The van der Waals surface area contributed by atoms with Crippen LogP contribution in [0.5, 0.6) is 0 Å². The largest absolute Gasteiger partial charge is 0.481 e. The van der Waals surface area contributed by atoms with Gasteiger partial charge < -0.3 is 10.4 Å². The third-order valence-electron chi connectivity index (χ3n) is 4.02. The number of carbonyl (C=O) groups is 2. The van der Waals surface area contributed by atoms with Gasteiger partial charge in [0.2, 0.25) is 5.91 Å². The van der Waals surface area contributed by atoms with Gasteiger partial charge in [-0.3, -0.25) is 9.59 Å². The van der Waals surface area contributed by atoms with E-state index >= 15 is 0 Å². The number of aliphatic carboxylic acids is 1. The Bertz CT molecular complexity index is 498. The SMILES string of the molecule is CCc1cccc(NC(=O)[C@@H]2CCCC[C@H]2C(=O)O)c1. The predicted octanol–water partition coefficient (Wildman–Crippen LogP) is 3.08. The first kappa shape index (κ1) is 14.6. The van der Waals surface area contributed by atoms with Crippen LogP contribution in [0.15, 0.2) is 24.3 Å². The number of benzene rings is 1. The first-order valence-corrected chi connectivity index (χ1v) is 7.24. The van der Waals surface area contributed by atoms with Crippen LogP contribution in [0.2, 0.25) is 0 Å². The lowest BCUT2D eigenvalue weighted by Gasteiger charge is -2.27. The van der Waals surface area contributed by atoms with Crippen LogP contribution in [0, 0.1) is 11.8 Å². The quantitative estimate of drug-likeness (QED) is 0.887. The number of carbonyl (C=O) groups excluding carboxylic acids is 1. The second kappa shape index (κ2) is 6.55. The van der Waals surface area contributed by atoms with Crippen molar-refractivity contribution >= 4 is 17.6 Å². The molecule has 4 nitrogen and oxygen atoms in total. The third kappa shape index (κ3) is 3.38. The molecule has 0 spiro atoms. The topological polar surface area (TPSA) is 66.4 Å². The second-order valence-electron chi connectivity index (χ2n) is 5.38. The average molecular weight is 275 g/mol. The molecular formula is C16H21NO3. The first-order valence-electron chi connectivity index (χ1n) is 7.24. The minimum Gasteiger partial charge on any atom is -0.481 e. The summed E-state index contributed by atoms with van der Waals surface area (Å²) in [7, 11) is 0. The van der Waals surface area contributed by atoms with Crippen LogP contribution in [0.1, 0.15) is 38.2 Å². The third-order valence-corrected chi connectivity index (χ3v) is 4.02. The molecule has 2 rings (SSSR count). The minimum atomic E-state index is -0.854. The fraction of sp³-hybridized carbons (Fsp3) is 0.500. The van der Waals surface area contributed by atoms with Gasteiger partial charge in [-0.1, -0.05) is 31.9 Å². The molecule has 1 aromatic rings. The Kier molecular flexibility index (Phi) is 4.77. The Hall–Kier alpha value is -1.84. The number of carboxylic acids is 1. The molecule has 0 heterocycles. The van der Waals surface area contributed by atoms with Gasteiger partial charge in [-0.2, -0.15) is 0 Å². The molecule has 0 bridgehead atoms. The van der Waals surface area contributed by atoms with Gasteiger partial charge in [0, 0.05) is 5.69 Å². The zero-order valence-corrected chi connectivity index (χ0v) is 11.8.